The minimum atomic E-state index is -2.32. The highest BCUT2D eigenvalue weighted by atomic mass is 32.0. The van der Waals surface area contributed by atoms with Crippen LogP contribution in [0.3, 0.4) is 0 Å². The normalized spacial score (nSPS) is 12.9. The Kier molecular flexibility index (Phi) is 9.83. The van der Waals surface area contributed by atoms with Gasteiger partial charge in [0.1, 0.15) is 0 Å². The van der Waals surface area contributed by atoms with Gasteiger partial charge in [0.25, 0.3) is 0 Å². The number of rotatable bonds is 9. The van der Waals surface area contributed by atoms with Gasteiger partial charge in [-0.15, -0.1) is 17.2 Å². The second-order valence-electron chi connectivity index (χ2n) is 2.69. The van der Waals surface area contributed by atoms with E-state index in [0.29, 0.717) is 19.8 Å². The average Bonchev–Trinajstić information content (AvgIpc) is 2.16. The van der Waals surface area contributed by atoms with Crippen molar-refractivity contribution in [3.8, 4) is 0 Å². The van der Waals surface area contributed by atoms with Crippen LogP contribution in [0.15, 0.2) is 0 Å². The molecule has 0 N–H and O–H groups in total. The lowest BCUT2D eigenvalue weighted by molar-refractivity contribution is 0.0728. The maximum absolute atomic E-state index is 5.70. The lowest BCUT2D eigenvalue weighted by Crippen LogP contribution is -2.46. The van der Waals surface area contributed by atoms with E-state index in [9.17, 15) is 0 Å². The van der Waals surface area contributed by atoms with E-state index < -0.39 is 8.80 Å². The van der Waals surface area contributed by atoms with Gasteiger partial charge in [0, 0.05) is 25.9 Å². The summed E-state index contributed by atoms with van der Waals surface area (Å²) in [5.41, 5.74) is 0. The lowest BCUT2D eigenvalue weighted by atomic mass is 10.9. The lowest BCUT2D eigenvalue weighted by Gasteiger charge is -2.28. The molecule has 0 rings (SSSR count). The maximum Gasteiger partial charge on any atom is 0.501 e. The van der Waals surface area contributed by atoms with Crippen LogP contribution in [0.1, 0.15) is 20.8 Å². The molecule has 0 aliphatic rings. The van der Waals surface area contributed by atoms with Crippen LogP contribution in [0.25, 0.3) is 0 Å². The first-order valence-electron chi connectivity index (χ1n) is 5.10. The van der Waals surface area contributed by atoms with E-state index in [0.717, 1.165) is 20.5 Å². The van der Waals surface area contributed by atoms with E-state index >= 15 is 0 Å². The summed E-state index contributed by atoms with van der Waals surface area (Å²) in [5, 5.41) is 0. The molecule has 2 unspecified atom stereocenters. The third kappa shape index (κ3) is 5.74. The van der Waals surface area contributed by atoms with Gasteiger partial charge in [-0.05, 0) is 26.9 Å². The van der Waals surface area contributed by atoms with Gasteiger partial charge in [-0.25, -0.2) is 0 Å². The van der Waals surface area contributed by atoms with Crippen molar-refractivity contribution >= 4 is 26.0 Å². The maximum atomic E-state index is 5.70. The molecule has 0 aliphatic carbocycles. The van der Waals surface area contributed by atoms with Crippen LogP contribution < -0.4 is 0 Å². The topological polar surface area (TPSA) is 27.7 Å². The number of hydrogen-bond donors (Lipinski definition) is 0. The highest BCUT2D eigenvalue weighted by molar-refractivity contribution is 8.02. The molecule has 0 aromatic rings. The van der Waals surface area contributed by atoms with Crippen molar-refractivity contribution in [3.63, 3.8) is 0 Å². The minimum Gasteiger partial charge on any atom is -0.374 e. The van der Waals surface area contributed by atoms with Crippen molar-refractivity contribution in [1.82, 2.24) is 0 Å². The van der Waals surface area contributed by atoms with Crippen LogP contribution in [0.4, 0.5) is 0 Å². The number of hydrogen-bond acceptors (Lipinski definition) is 3. The molecule has 0 saturated heterocycles. The summed E-state index contributed by atoms with van der Waals surface area (Å²) in [6, 6.07) is 0.935. The monoisotopic (exact) mass is 256 g/mol. The van der Waals surface area contributed by atoms with Gasteiger partial charge < -0.3 is 13.3 Å². The van der Waals surface area contributed by atoms with E-state index in [4.69, 9.17) is 13.3 Å². The van der Waals surface area contributed by atoms with Crippen LogP contribution in [0.5, 0.6) is 0 Å². The van der Waals surface area contributed by atoms with E-state index in [1.165, 1.54) is 0 Å². The Morgan fingerprint density at radius 2 is 1.43 bits per heavy atom. The molecule has 0 aromatic carbocycles. The molecule has 0 saturated carbocycles. The zero-order valence-corrected chi connectivity index (χ0v) is 12.5. The van der Waals surface area contributed by atoms with Crippen LogP contribution in [-0.2, 0) is 13.3 Å². The summed E-state index contributed by atoms with van der Waals surface area (Å²) in [5.74, 6) is 0. The Balaban J connectivity index is 4.21. The highest BCUT2D eigenvalue weighted by Crippen LogP contribution is 2.26. The first-order valence-corrected chi connectivity index (χ1v) is 10.0. The van der Waals surface area contributed by atoms with Gasteiger partial charge in [-0.3, -0.25) is 0 Å². The van der Waals surface area contributed by atoms with Crippen molar-refractivity contribution in [2.75, 3.05) is 26.0 Å². The first-order chi connectivity index (χ1) is 6.74. The zero-order chi connectivity index (χ0) is 10.9. The molecule has 14 heavy (non-hydrogen) atoms. The second kappa shape index (κ2) is 9.20. The van der Waals surface area contributed by atoms with Crippen LogP contribution in [-0.4, -0.2) is 34.8 Å². The molecule has 0 bridgehead atoms. The average molecular weight is 256 g/mol. The SMILES string of the molecule is CCO[Si](CCPP)(OCC)OCC. The Bertz CT molecular complexity index is 121. The highest BCUT2D eigenvalue weighted by Gasteiger charge is 2.39. The van der Waals surface area contributed by atoms with E-state index in [-0.39, 0.29) is 0 Å². The standard InChI is InChI=1S/C8H22O3P2Si/c1-4-9-14(10-5-2,11-6-3)8-7-13-12/h13H,4-8,12H2,1-3H3. The third-order valence-electron chi connectivity index (χ3n) is 1.67. The molecule has 0 heterocycles. The van der Waals surface area contributed by atoms with Crippen molar-refractivity contribution in [1.29, 1.82) is 0 Å². The van der Waals surface area contributed by atoms with Crippen molar-refractivity contribution in [2.45, 2.75) is 26.8 Å². The molecule has 0 spiro atoms. The third-order valence-corrected chi connectivity index (χ3v) is 6.62. The zero-order valence-electron chi connectivity index (χ0n) is 9.34. The Labute approximate surface area is 92.5 Å². The Morgan fingerprint density at radius 1 is 1.00 bits per heavy atom. The summed E-state index contributed by atoms with van der Waals surface area (Å²) in [6.07, 6.45) is 1.11. The van der Waals surface area contributed by atoms with E-state index in [2.05, 4.69) is 8.93 Å². The first kappa shape index (κ1) is 15.0. The van der Waals surface area contributed by atoms with E-state index in [1.54, 1.807) is 0 Å². The molecular weight excluding hydrogens is 234 g/mol. The molecule has 6 heteroatoms. The fourth-order valence-electron chi connectivity index (χ4n) is 1.23. The minimum absolute atomic E-state index is 0.673. The molecule has 3 nitrogen and oxygen atoms in total. The molecule has 0 fully saturated rings. The summed E-state index contributed by atoms with van der Waals surface area (Å²) >= 11 is 0. The summed E-state index contributed by atoms with van der Waals surface area (Å²) in [4.78, 5) is 0. The smallest absolute Gasteiger partial charge is 0.374 e. The molecule has 86 valence electrons. The molecule has 0 radical (unpaired) electrons. The van der Waals surface area contributed by atoms with Gasteiger partial charge in [-0.1, -0.05) is 0 Å². The fourth-order valence-corrected chi connectivity index (χ4v) is 6.33. The summed E-state index contributed by atoms with van der Waals surface area (Å²) in [6.45, 7) is 7.99. The van der Waals surface area contributed by atoms with Crippen LogP contribution in [0.2, 0.25) is 6.04 Å². The molecule has 0 aliphatic heterocycles. The molecule has 2 atom stereocenters. The van der Waals surface area contributed by atoms with Gasteiger partial charge in [0.05, 0.1) is 0 Å². The molecular formula is C8H22O3P2Si. The van der Waals surface area contributed by atoms with Crippen LogP contribution >= 0.6 is 17.2 Å². The van der Waals surface area contributed by atoms with Crippen molar-refractivity contribution < 1.29 is 13.3 Å². The largest absolute Gasteiger partial charge is 0.501 e. The quantitative estimate of drug-likeness (QED) is 0.468. The predicted octanol–water partition coefficient (Wildman–Crippen LogP) is 2.50. The van der Waals surface area contributed by atoms with Crippen LogP contribution in [0, 0.1) is 0 Å². The summed E-state index contributed by atoms with van der Waals surface area (Å²) in [7, 11) is 1.28. The molecule has 0 aromatic heterocycles. The Hall–Kier alpha value is 0.957. The second-order valence-corrected chi connectivity index (χ2v) is 7.55. The van der Waals surface area contributed by atoms with Gasteiger partial charge in [0.15, 0.2) is 0 Å². The summed E-state index contributed by atoms with van der Waals surface area (Å²) < 4.78 is 17.1. The van der Waals surface area contributed by atoms with Crippen molar-refractivity contribution in [3.05, 3.63) is 0 Å². The Morgan fingerprint density at radius 3 is 1.71 bits per heavy atom. The van der Waals surface area contributed by atoms with Gasteiger partial charge in [-0.2, -0.15) is 0 Å². The fraction of sp³-hybridized carbons (Fsp3) is 1.00. The predicted molar refractivity (Wildman–Crippen MR) is 68.3 cm³/mol. The van der Waals surface area contributed by atoms with E-state index in [1.807, 2.05) is 20.8 Å². The van der Waals surface area contributed by atoms with Gasteiger partial charge in [0.2, 0.25) is 0 Å². The van der Waals surface area contributed by atoms with Crippen molar-refractivity contribution in [2.24, 2.45) is 0 Å². The molecule has 0 amide bonds. The van der Waals surface area contributed by atoms with Gasteiger partial charge >= 0.3 is 8.80 Å².